The van der Waals surface area contributed by atoms with E-state index in [4.69, 9.17) is 9.15 Å². The zero-order chi connectivity index (χ0) is 38.2. The topological polar surface area (TPSA) is 27.3 Å². The normalized spacial score (nSPS) is 14.8. The summed E-state index contributed by atoms with van der Waals surface area (Å²) >= 11 is 0. The van der Waals surface area contributed by atoms with Crippen LogP contribution in [0.25, 0.3) is 71.7 Å². The lowest BCUT2D eigenvalue weighted by molar-refractivity contribution is 0.487. The van der Waals surface area contributed by atoms with Gasteiger partial charge in [0.15, 0.2) is 8.07 Å². The van der Waals surface area contributed by atoms with Gasteiger partial charge in [-0.05, 0) is 97.6 Å². The molecule has 272 valence electrons. The average molecular weight is 758 g/mol. The number of furan rings is 1. The maximum absolute atomic E-state index is 6.95. The maximum Gasteiger partial charge on any atom is 0.188 e. The van der Waals surface area contributed by atoms with Gasteiger partial charge in [0, 0.05) is 27.2 Å². The second-order valence-corrected chi connectivity index (χ2v) is 19.0. The molecule has 58 heavy (non-hydrogen) atoms. The summed E-state index contributed by atoms with van der Waals surface area (Å²) in [4.78, 5) is 0. The fraction of sp³-hybridized carbons (Fsp3) is 0. The first-order valence-electron chi connectivity index (χ1n) is 19.8. The van der Waals surface area contributed by atoms with Crippen LogP contribution in [-0.4, -0.2) is 12.6 Å². The number of fused-ring (bicyclic) bond motifs is 8. The van der Waals surface area contributed by atoms with Crippen molar-refractivity contribution >= 4 is 72.6 Å². The highest BCUT2D eigenvalue weighted by molar-refractivity contribution is 7.20. The van der Waals surface area contributed by atoms with Gasteiger partial charge in [0.2, 0.25) is 0 Å². The maximum atomic E-state index is 6.95. The Morgan fingerprint density at radius 2 is 0.879 bits per heavy atom. The molecule has 0 saturated heterocycles. The van der Waals surface area contributed by atoms with Crippen LogP contribution in [0, 0.1) is 0 Å². The second-order valence-electron chi connectivity index (χ2n) is 15.2. The van der Waals surface area contributed by atoms with Crippen molar-refractivity contribution in [2.45, 2.75) is 0 Å². The zero-order valence-electron chi connectivity index (χ0n) is 31.5. The Bertz CT molecular complexity index is 3310. The molecular formula is C54H35NO2Si. The molecule has 0 amide bonds. The molecule has 11 aromatic rings. The molecule has 3 heterocycles. The molecule has 3 nitrogen and oxygen atoms in total. The lowest BCUT2D eigenvalue weighted by Crippen LogP contribution is -2.76. The highest BCUT2D eigenvalue weighted by atomic mass is 28.3. The molecule has 12 rings (SSSR count). The van der Waals surface area contributed by atoms with Crippen molar-refractivity contribution in [3.63, 3.8) is 0 Å². The van der Waals surface area contributed by atoms with E-state index in [2.05, 4.69) is 205 Å². The van der Waals surface area contributed by atoms with Crippen LogP contribution in [0.15, 0.2) is 217 Å². The predicted molar refractivity (Wildman–Crippen MR) is 243 cm³/mol. The summed E-state index contributed by atoms with van der Waals surface area (Å²) in [5.74, 6) is 1.80. The number of ether oxygens (including phenoxy) is 1. The van der Waals surface area contributed by atoms with Crippen molar-refractivity contribution in [3.8, 4) is 39.4 Å². The Hall–Kier alpha value is -7.40. The highest BCUT2D eigenvalue weighted by Gasteiger charge is 2.48. The lowest BCUT2D eigenvalue weighted by atomic mass is 10.0. The van der Waals surface area contributed by atoms with E-state index in [-0.39, 0.29) is 0 Å². The van der Waals surface area contributed by atoms with Crippen molar-refractivity contribution < 1.29 is 9.15 Å². The minimum Gasteiger partial charge on any atom is -0.458 e. The summed E-state index contributed by atoms with van der Waals surface area (Å²) in [6.07, 6.45) is 0. The molecular weight excluding hydrogens is 723 g/mol. The van der Waals surface area contributed by atoms with Crippen LogP contribution in [0.1, 0.15) is 0 Å². The minimum atomic E-state index is -2.96. The molecule has 0 radical (unpaired) electrons. The zero-order valence-corrected chi connectivity index (χ0v) is 32.5. The van der Waals surface area contributed by atoms with Crippen molar-refractivity contribution in [2.24, 2.45) is 0 Å². The van der Waals surface area contributed by atoms with Gasteiger partial charge in [-0.3, -0.25) is 0 Å². The molecule has 0 saturated carbocycles. The van der Waals surface area contributed by atoms with Crippen LogP contribution in [0.3, 0.4) is 0 Å². The van der Waals surface area contributed by atoms with E-state index in [1.165, 1.54) is 53.7 Å². The number of aromatic nitrogens is 1. The third-order valence-electron chi connectivity index (χ3n) is 12.2. The van der Waals surface area contributed by atoms with Crippen LogP contribution in [0.2, 0.25) is 0 Å². The molecule has 0 aliphatic carbocycles. The fourth-order valence-corrected chi connectivity index (χ4v) is 14.4. The Labute approximate surface area is 336 Å². The summed E-state index contributed by atoms with van der Waals surface area (Å²) < 4.78 is 15.7. The van der Waals surface area contributed by atoms with Crippen molar-refractivity contribution in [1.82, 2.24) is 4.57 Å². The van der Waals surface area contributed by atoms with Crippen LogP contribution >= 0.6 is 0 Å². The van der Waals surface area contributed by atoms with Crippen LogP contribution in [0.5, 0.6) is 11.5 Å². The largest absolute Gasteiger partial charge is 0.458 e. The molecule has 1 unspecified atom stereocenters. The van der Waals surface area contributed by atoms with Crippen LogP contribution in [-0.2, 0) is 0 Å². The van der Waals surface area contributed by atoms with E-state index in [9.17, 15) is 0 Å². The van der Waals surface area contributed by atoms with E-state index in [0.717, 1.165) is 50.3 Å². The SMILES string of the molecule is c1ccc(-c2ccc([Si]3(c4ccc(-n5c6ccccc6c6ccccc65)cc4)c4ccccc4Oc4cc(-c5ccc6c(c5)oc5ccccc56)ccc43)cc2)cc1. The van der Waals surface area contributed by atoms with E-state index >= 15 is 0 Å². The number of hydrogen-bond donors (Lipinski definition) is 0. The summed E-state index contributed by atoms with van der Waals surface area (Å²) in [7, 11) is -2.96. The molecule has 1 aliphatic rings. The summed E-state index contributed by atoms with van der Waals surface area (Å²) in [5.41, 5.74) is 9.92. The van der Waals surface area contributed by atoms with Gasteiger partial charge < -0.3 is 13.7 Å². The summed E-state index contributed by atoms with van der Waals surface area (Å²) in [6.45, 7) is 0. The summed E-state index contributed by atoms with van der Waals surface area (Å²) in [5, 5.41) is 9.86. The molecule has 0 N–H and O–H groups in total. The summed E-state index contributed by atoms with van der Waals surface area (Å²) in [6, 6.07) is 77.1. The molecule has 1 aliphatic heterocycles. The second kappa shape index (κ2) is 12.8. The molecule has 0 bridgehead atoms. The molecule has 9 aromatic carbocycles. The van der Waals surface area contributed by atoms with Gasteiger partial charge in [-0.1, -0.05) is 158 Å². The molecule has 0 fully saturated rings. The standard InChI is InChI=1S/C54H35NO2Si/c1-2-12-36(13-3-1)37-22-28-41(29-23-37)58(42-30-26-40(27-31-42)55-47-17-7-4-14-43(47)44-15-5-8-18-48(44)55)53-21-11-10-20-50(53)57-52-35-39(25-33-54(52)58)38-24-32-46-45-16-6-9-19-49(45)56-51(46)34-38/h1-35H. The van der Waals surface area contributed by atoms with Gasteiger partial charge in [-0.25, -0.2) is 0 Å². The molecule has 4 heteroatoms. The van der Waals surface area contributed by atoms with Gasteiger partial charge in [-0.2, -0.15) is 0 Å². The van der Waals surface area contributed by atoms with E-state index in [1.54, 1.807) is 0 Å². The minimum absolute atomic E-state index is 0.883. The van der Waals surface area contributed by atoms with Gasteiger partial charge in [0.1, 0.15) is 22.7 Å². The number of nitrogens with zero attached hydrogens (tertiary/aromatic N) is 1. The van der Waals surface area contributed by atoms with Crippen LogP contribution in [0.4, 0.5) is 0 Å². The number of rotatable bonds is 5. The van der Waals surface area contributed by atoms with Gasteiger partial charge in [-0.15, -0.1) is 0 Å². The van der Waals surface area contributed by atoms with Gasteiger partial charge in [0.05, 0.1) is 11.0 Å². The monoisotopic (exact) mass is 757 g/mol. The Balaban J connectivity index is 1.07. The average Bonchev–Trinajstić information content (AvgIpc) is 3.84. The van der Waals surface area contributed by atoms with Crippen LogP contribution < -0.4 is 25.5 Å². The van der Waals surface area contributed by atoms with Crippen molar-refractivity contribution in [3.05, 3.63) is 212 Å². The quantitative estimate of drug-likeness (QED) is 0.164. The smallest absolute Gasteiger partial charge is 0.188 e. The molecule has 1 atom stereocenters. The number of hydrogen-bond acceptors (Lipinski definition) is 2. The highest BCUT2D eigenvalue weighted by Crippen LogP contribution is 2.37. The van der Waals surface area contributed by atoms with Crippen molar-refractivity contribution in [1.29, 1.82) is 0 Å². The Morgan fingerprint density at radius 3 is 1.64 bits per heavy atom. The van der Waals surface area contributed by atoms with Gasteiger partial charge in [0.25, 0.3) is 0 Å². The first-order chi connectivity index (χ1) is 28.7. The molecule has 2 aromatic heterocycles. The predicted octanol–water partition coefficient (Wildman–Crippen LogP) is 11.5. The fourth-order valence-electron chi connectivity index (χ4n) is 9.52. The number of para-hydroxylation sites is 4. The van der Waals surface area contributed by atoms with E-state index < -0.39 is 8.07 Å². The first-order valence-corrected chi connectivity index (χ1v) is 21.8. The van der Waals surface area contributed by atoms with Crippen molar-refractivity contribution in [2.75, 3.05) is 0 Å². The third-order valence-corrected chi connectivity index (χ3v) is 17.0. The van der Waals surface area contributed by atoms with Gasteiger partial charge >= 0.3 is 0 Å². The lowest BCUT2D eigenvalue weighted by Gasteiger charge is -2.40. The van der Waals surface area contributed by atoms with E-state index in [1.807, 2.05) is 12.1 Å². The Kier molecular flexibility index (Phi) is 7.25. The Morgan fingerprint density at radius 1 is 0.345 bits per heavy atom. The number of benzene rings is 9. The molecule has 0 spiro atoms. The third kappa shape index (κ3) is 4.85. The first kappa shape index (κ1) is 32.8. The van der Waals surface area contributed by atoms with E-state index in [0.29, 0.717) is 0 Å².